The summed E-state index contributed by atoms with van der Waals surface area (Å²) in [5.41, 5.74) is 1.78. The van der Waals surface area contributed by atoms with Crippen LogP contribution in [0.2, 0.25) is 5.02 Å². The van der Waals surface area contributed by atoms with Crippen molar-refractivity contribution in [2.24, 2.45) is 5.92 Å². The maximum absolute atomic E-state index is 14.3. The molecule has 3 atom stereocenters. The van der Waals surface area contributed by atoms with E-state index in [9.17, 15) is 39.0 Å². The first-order valence-electron chi connectivity index (χ1n) is 18.8. The van der Waals surface area contributed by atoms with Crippen molar-refractivity contribution in [2.45, 2.75) is 31.3 Å². The number of carboxylic acids is 1. The quantitative estimate of drug-likeness (QED) is 0.141. The summed E-state index contributed by atoms with van der Waals surface area (Å²) in [6.07, 6.45) is 1.41. The van der Waals surface area contributed by atoms with E-state index < -0.39 is 41.5 Å². The predicted octanol–water partition coefficient (Wildman–Crippen LogP) is 2.65. The molecule has 3 aliphatic heterocycles. The maximum Gasteiger partial charge on any atom is 0.416 e. The smallest absolute Gasteiger partial charge is 0.416 e. The Labute approximate surface area is 340 Å². The first-order valence-corrected chi connectivity index (χ1v) is 19.1. The van der Waals surface area contributed by atoms with Gasteiger partial charge in [-0.05, 0) is 89.3 Å². The lowest BCUT2D eigenvalue weighted by molar-refractivity contribution is -0.149. The van der Waals surface area contributed by atoms with E-state index in [4.69, 9.17) is 16.3 Å². The zero-order chi connectivity index (χ0) is 41.4. The van der Waals surface area contributed by atoms with Crippen molar-refractivity contribution in [3.63, 3.8) is 0 Å². The average molecular weight is 825 g/mol. The van der Waals surface area contributed by atoms with Crippen LogP contribution in [0.4, 0.5) is 21.9 Å². The molecule has 3 unspecified atom stereocenters. The fraction of sp³-hybridized carbons (Fsp3) is 0.308. The van der Waals surface area contributed by atoms with Gasteiger partial charge in [-0.15, -0.1) is 5.10 Å². The van der Waals surface area contributed by atoms with Gasteiger partial charge in [-0.3, -0.25) is 19.2 Å². The Morgan fingerprint density at radius 3 is 2.46 bits per heavy atom. The number of piperazine rings is 2. The molecule has 2 aromatic heterocycles. The van der Waals surface area contributed by atoms with Crippen molar-refractivity contribution in [3.05, 3.63) is 89.3 Å². The molecule has 3 aromatic carbocycles. The number of aromatic nitrogens is 5. The van der Waals surface area contributed by atoms with Gasteiger partial charge in [-0.25, -0.2) is 14.2 Å². The van der Waals surface area contributed by atoms with Gasteiger partial charge in [-0.2, -0.15) is 4.68 Å². The number of nitrogens with one attached hydrogen (secondary N) is 2. The van der Waals surface area contributed by atoms with Gasteiger partial charge in [0.25, 0.3) is 0 Å². The maximum atomic E-state index is 14.3. The van der Waals surface area contributed by atoms with Crippen molar-refractivity contribution in [2.75, 3.05) is 54.5 Å². The normalized spacial score (nSPS) is 19.1. The first kappa shape index (κ1) is 39.1. The number of carbonyl (C=O) groups is 6. The topological polar surface area (TPSA) is 234 Å². The first-order chi connectivity index (χ1) is 28.5. The van der Waals surface area contributed by atoms with Gasteiger partial charge < -0.3 is 40.3 Å². The third kappa shape index (κ3) is 7.82. The molecule has 20 heteroatoms. The number of amides is 4. The molecule has 5 aromatic rings. The largest absolute Gasteiger partial charge is 0.477 e. The number of hydrogen-bond acceptors (Lipinski definition) is 11. The third-order valence-corrected chi connectivity index (χ3v) is 11.0. The predicted molar refractivity (Wildman–Crippen MR) is 211 cm³/mol. The van der Waals surface area contributed by atoms with Crippen LogP contribution in [-0.2, 0) is 30.3 Å². The number of halogens is 1. The number of tetrazole rings is 1. The van der Waals surface area contributed by atoms with Crippen LogP contribution in [0, 0.1) is 5.92 Å². The van der Waals surface area contributed by atoms with Crippen molar-refractivity contribution >= 4 is 75.3 Å². The molecule has 4 N–H and O–H groups in total. The monoisotopic (exact) mass is 824 g/mol. The van der Waals surface area contributed by atoms with Gasteiger partial charge in [0.15, 0.2) is 0 Å². The van der Waals surface area contributed by atoms with Crippen molar-refractivity contribution in [1.29, 1.82) is 0 Å². The minimum Gasteiger partial charge on any atom is -0.477 e. The molecule has 59 heavy (non-hydrogen) atoms. The van der Waals surface area contributed by atoms with E-state index >= 15 is 0 Å². The van der Waals surface area contributed by atoms with E-state index in [0.717, 1.165) is 6.42 Å². The van der Waals surface area contributed by atoms with Crippen molar-refractivity contribution in [3.8, 4) is 5.69 Å². The summed E-state index contributed by atoms with van der Waals surface area (Å²) in [7, 11) is 0. The number of hydrogen-bond donors (Lipinski definition) is 4. The number of fused-ring (bicyclic) bond motifs is 1. The summed E-state index contributed by atoms with van der Waals surface area (Å²) in [6, 6.07) is 15.6. The van der Waals surface area contributed by atoms with E-state index in [1.165, 1.54) is 51.1 Å². The van der Waals surface area contributed by atoms with E-state index in [1.807, 2.05) is 0 Å². The molecule has 0 spiro atoms. The van der Waals surface area contributed by atoms with Crippen LogP contribution in [0.15, 0.2) is 73.1 Å². The zero-order valence-corrected chi connectivity index (χ0v) is 32.0. The molecule has 8 rings (SSSR count). The molecule has 0 aliphatic carbocycles. The average Bonchev–Trinajstić information content (AvgIpc) is 4.02. The number of aromatic carboxylic acids is 1. The summed E-state index contributed by atoms with van der Waals surface area (Å²) >= 11 is 6.32. The van der Waals surface area contributed by atoms with Gasteiger partial charge in [0.2, 0.25) is 11.8 Å². The van der Waals surface area contributed by atoms with E-state index in [0.29, 0.717) is 65.2 Å². The Morgan fingerprint density at radius 1 is 0.932 bits per heavy atom. The Kier molecular flexibility index (Phi) is 10.8. The van der Waals surface area contributed by atoms with Gasteiger partial charge in [-0.1, -0.05) is 23.7 Å². The highest BCUT2D eigenvalue weighted by atomic mass is 35.5. The van der Waals surface area contributed by atoms with E-state index in [-0.39, 0.29) is 53.7 Å². The number of anilines is 3. The number of nitrogens with zero attached hydrogens (tertiary/aromatic N) is 8. The fourth-order valence-electron chi connectivity index (χ4n) is 7.90. The summed E-state index contributed by atoms with van der Waals surface area (Å²) in [5.74, 6) is -3.72. The molecule has 4 amide bonds. The second kappa shape index (κ2) is 16.3. The van der Waals surface area contributed by atoms with Crippen LogP contribution >= 0.6 is 11.6 Å². The van der Waals surface area contributed by atoms with Gasteiger partial charge in [0, 0.05) is 67.6 Å². The van der Waals surface area contributed by atoms with Gasteiger partial charge in [0.05, 0.1) is 22.9 Å². The van der Waals surface area contributed by atoms with Crippen LogP contribution < -0.4 is 20.4 Å². The van der Waals surface area contributed by atoms with Gasteiger partial charge in [0.1, 0.15) is 18.1 Å². The standard InChI is InChI=1S/C39H37ClN10O9/c40-25-3-7-30(49-21-42-44-45-49)31(19-25)47-12-13-48(37(54)36(47)53)32(34(51)43-26-4-8-29-24(17-26)18-33(38(55)56)50(29)39(57)58)16-22-1-5-27(6-2-22)46-11-10-41-28(35(46)52)15-23-9-14-59-20-23/h1-8,17-19,21,23,28,32,41H,9-16,20H2,(H,43,51)(H,55,56)(H,57,58). The van der Waals surface area contributed by atoms with Crippen molar-refractivity contribution < 1.29 is 43.7 Å². The highest BCUT2D eigenvalue weighted by Gasteiger charge is 2.41. The lowest BCUT2D eigenvalue weighted by Crippen LogP contribution is -2.60. The molecule has 0 radical (unpaired) electrons. The Bertz CT molecular complexity index is 2470. The number of ether oxygens (including phenoxy) is 1. The molecule has 304 valence electrons. The summed E-state index contributed by atoms with van der Waals surface area (Å²) in [4.78, 5) is 83.7. The third-order valence-electron chi connectivity index (χ3n) is 10.8. The van der Waals surface area contributed by atoms with Crippen LogP contribution in [0.5, 0.6) is 0 Å². The lowest BCUT2D eigenvalue weighted by Gasteiger charge is -2.38. The molecule has 3 aliphatic rings. The van der Waals surface area contributed by atoms with E-state index in [2.05, 4.69) is 26.2 Å². The van der Waals surface area contributed by atoms with Crippen LogP contribution in [0.1, 0.15) is 28.9 Å². The summed E-state index contributed by atoms with van der Waals surface area (Å²) in [5, 5.41) is 37.2. The van der Waals surface area contributed by atoms with Crippen molar-refractivity contribution in [1.82, 2.24) is 35.0 Å². The lowest BCUT2D eigenvalue weighted by atomic mass is 9.96. The number of carboxylic acid groups (broad SMARTS) is 2. The van der Waals surface area contributed by atoms with E-state index in [1.54, 1.807) is 41.3 Å². The molecular weight excluding hydrogens is 788 g/mol. The molecule has 3 fully saturated rings. The Balaban J connectivity index is 1.07. The number of benzene rings is 3. The highest BCUT2D eigenvalue weighted by molar-refractivity contribution is 6.41. The minimum absolute atomic E-state index is 0.0192. The molecule has 3 saturated heterocycles. The Morgan fingerprint density at radius 2 is 1.75 bits per heavy atom. The number of rotatable bonds is 11. The van der Waals surface area contributed by atoms with Crippen LogP contribution in [0.3, 0.4) is 0 Å². The molecule has 0 bridgehead atoms. The highest BCUT2D eigenvalue weighted by Crippen LogP contribution is 2.31. The summed E-state index contributed by atoms with van der Waals surface area (Å²) < 4.78 is 7.46. The van der Waals surface area contributed by atoms with Crippen LogP contribution in [-0.4, -0.2) is 127 Å². The molecule has 19 nitrogen and oxygen atoms in total. The second-order valence-electron chi connectivity index (χ2n) is 14.4. The fourth-order valence-corrected chi connectivity index (χ4v) is 8.06. The van der Waals surface area contributed by atoms with Crippen LogP contribution in [0.25, 0.3) is 16.6 Å². The number of carbonyl (C=O) groups excluding carboxylic acids is 4. The second-order valence-corrected chi connectivity index (χ2v) is 14.8. The molecular formula is C39H37ClN10O9. The molecule has 5 heterocycles. The minimum atomic E-state index is -1.49. The SMILES string of the molecule is O=C(O)c1cc2cc(NC(=O)C(Cc3ccc(N4CCNC(CC5CCOC5)C4=O)cc3)N3CCN(c4cc(Cl)ccc4-n4cnnn4)C(=O)C3=O)ccc2n1C(=O)O. The zero-order valence-electron chi connectivity index (χ0n) is 31.2. The van der Waals surface area contributed by atoms with Gasteiger partial charge >= 0.3 is 23.9 Å². The molecule has 0 saturated carbocycles. The summed E-state index contributed by atoms with van der Waals surface area (Å²) in [6.45, 7) is 2.34. The Hall–Kier alpha value is -6.70.